The second-order valence-corrected chi connectivity index (χ2v) is 0.394. The van der Waals surface area contributed by atoms with Crippen molar-refractivity contribution in [1.29, 1.82) is 0 Å². The van der Waals surface area contributed by atoms with Crippen molar-refractivity contribution in [2.75, 3.05) is 0 Å². The molecule has 0 atom stereocenters. The van der Waals surface area contributed by atoms with E-state index in [1.54, 1.807) is 0 Å². The second-order valence-electron chi connectivity index (χ2n) is 0.394. The van der Waals surface area contributed by atoms with Crippen LogP contribution in [0.2, 0.25) is 0 Å². The van der Waals surface area contributed by atoms with Gasteiger partial charge in [-0.25, -0.2) is 0 Å². The van der Waals surface area contributed by atoms with E-state index >= 15 is 0 Å². The molecule has 0 rings (SSSR count). The first-order valence-corrected chi connectivity index (χ1v) is 0.781. The normalized spacial score (nSPS) is 4.00. The topological polar surface area (TPSA) is 37.3 Å². The zero-order valence-corrected chi connectivity index (χ0v) is 8.06. The first-order chi connectivity index (χ1) is 1.73. The summed E-state index contributed by atoms with van der Waals surface area (Å²) in [6, 6.07) is 0. The zero-order chi connectivity index (χ0) is 3.58. The Morgan fingerprint density at radius 1 is 1.50 bits per heavy atom. The fourth-order valence-electron chi connectivity index (χ4n) is 0. The van der Waals surface area contributed by atoms with Crippen molar-refractivity contribution >= 4 is 5.97 Å². The van der Waals surface area contributed by atoms with Crippen LogP contribution in [0.3, 0.4) is 0 Å². The predicted molar refractivity (Wildman–Crippen MR) is 13.0 cm³/mol. The molecule has 0 fully saturated rings. The Balaban J connectivity index is -0.0000000450. The van der Waals surface area contributed by atoms with Gasteiger partial charge in [0.25, 0.3) is 0 Å². The molecule has 1 N–H and O–H groups in total. The fraction of sp³-hybridized carbons (Fsp3) is 0. The minimum Gasteiger partial charge on any atom is -0.503 e. The molecule has 0 aliphatic carbocycles. The van der Waals surface area contributed by atoms with Crippen LogP contribution in [0.4, 0.5) is 0 Å². The average Bonchev–Trinajstić information content (AvgIpc) is 0.811. The van der Waals surface area contributed by atoms with Gasteiger partial charge in [-0.2, -0.15) is 0 Å². The van der Waals surface area contributed by atoms with E-state index in [0.717, 1.165) is 0 Å². The van der Waals surface area contributed by atoms with Crippen molar-refractivity contribution in [2.45, 2.75) is 0 Å². The molecule has 2 nitrogen and oxygen atoms in total. The number of hydrogen-bond donors (Lipinski definition) is 1. The molecule has 0 aromatic heterocycles. The molecular weight excluding hydrogens is 102 g/mol. The quantitative estimate of drug-likeness (QED) is 0.246. The van der Waals surface area contributed by atoms with E-state index in [1.165, 1.54) is 0 Å². The predicted octanol–water partition coefficient (Wildman–Crippen LogP) is -6.09. The maximum absolute atomic E-state index is 8.89. The SMILES string of the molecule is [CH2-]C(=O)O.[Na+].[Na+]. The van der Waals surface area contributed by atoms with Crippen molar-refractivity contribution < 1.29 is 69.0 Å². The van der Waals surface area contributed by atoms with Gasteiger partial charge in [0.05, 0.1) is 0 Å². The summed E-state index contributed by atoms with van der Waals surface area (Å²) in [5, 5.41) is 7.31. The molecule has 0 heterocycles. The molecule has 0 aliphatic rings. The molecular formula is C2H3Na2O2+. The maximum Gasteiger partial charge on any atom is 1.00 e. The van der Waals surface area contributed by atoms with Gasteiger partial charge in [0.15, 0.2) is 5.97 Å². The van der Waals surface area contributed by atoms with E-state index in [2.05, 4.69) is 6.92 Å². The maximum atomic E-state index is 8.89. The van der Waals surface area contributed by atoms with Crippen molar-refractivity contribution in [3.8, 4) is 0 Å². The molecule has 0 aromatic carbocycles. The number of rotatable bonds is 0. The summed E-state index contributed by atoms with van der Waals surface area (Å²) < 4.78 is 0. The van der Waals surface area contributed by atoms with E-state index in [1.807, 2.05) is 0 Å². The number of hydrogen-bond acceptors (Lipinski definition) is 1. The van der Waals surface area contributed by atoms with Crippen LogP contribution in [0.15, 0.2) is 0 Å². The zero-order valence-electron chi connectivity index (χ0n) is 4.06. The van der Waals surface area contributed by atoms with E-state index < -0.39 is 5.97 Å². The minimum atomic E-state index is -1.08. The minimum absolute atomic E-state index is 0. The number of aliphatic carboxylic acids is 1. The summed E-state index contributed by atoms with van der Waals surface area (Å²) in [6.45, 7) is 2.56. The molecule has 0 aromatic rings. The van der Waals surface area contributed by atoms with Gasteiger partial charge in [0, 0.05) is 0 Å². The molecule has 0 saturated heterocycles. The molecule has 0 bridgehead atoms. The largest absolute Gasteiger partial charge is 1.00 e. The van der Waals surface area contributed by atoms with Gasteiger partial charge in [0.2, 0.25) is 0 Å². The van der Waals surface area contributed by atoms with E-state index in [4.69, 9.17) is 9.90 Å². The Hall–Kier alpha value is 1.34. The Bertz CT molecular complexity index is 32.5. The van der Waals surface area contributed by atoms with Gasteiger partial charge in [-0.3, -0.25) is 11.7 Å². The molecule has 6 heavy (non-hydrogen) atoms. The van der Waals surface area contributed by atoms with Gasteiger partial charge in [-0.15, -0.1) is 0 Å². The van der Waals surface area contributed by atoms with E-state index in [0.29, 0.717) is 0 Å². The van der Waals surface area contributed by atoms with Crippen LogP contribution >= 0.6 is 0 Å². The Labute approximate surface area is 80.9 Å². The summed E-state index contributed by atoms with van der Waals surface area (Å²) >= 11 is 0. The summed E-state index contributed by atoms with van der Waals surface area (Å²) in [5.41, 5.74) is 0. The number of carbonyl (C=O) groups is 1. The third-order valence-corrected chi connectivity index (χ3v) is 0. The first-order valence-electron chi connectivity index (χ1n) is 0.781. The van der Waals surface area contributed by atoms with Crippen LogP contribution in [0.1, 0.15) is 0 Å². The third kappa shape index (κ3) is 56.0. The van der Waals surface area contributed by atoms with Gasteiger partial charge >= 0.3 is 59.1 Å². The van der Waals surface area contributed by atoms with Crippen molar-refractivity contribution in [1.82, 2.24) is 0 Å². The fourth-order valence-corrected chi connectivity index (χ4v) is 0. The standard InChI is InChI=1S/C2H3O2.2Na/c1-2(3)4;;/h1H2,(H,3,4);;/q-1;2*+1. The summed E-state index contributed by atoms with van der Waals surface area (Å²) in [4.78, 5) is 8.89. The van der Waals surface area contributed by atoms with Gasteiger partial charge in [-0.05, 0) is 0 Å². The van der Waals surface area contributed by atoms with Crippen molar-refractivity contribution in [2.24, 2.45) is 0 Å². The van der Waals surface area contributed by atoms with Crippen molar-refractivity contribution in [3.63, 3.8) is 0 Å². The van der Waals surface area contributed by atoms with Crippen LogP contribution in [-0.2, 0) is 4.79 Å². The molecule has 0 spiro atoms. The van der Waals surface area contributed by atoms with Crippen LogP contribution in [0.25, 0.3) is 0 Å². The van der Waals surface area contributed by atoms with Gasteiger partial charge in [-0.1, -0.05) is 0 Å². The summed E-state index contributed by atoms with van der Waals surface area (Å²) in [6.07, 6.45) is 0. The van der Waals surface area contributed by atoms with Crippen molar-refractivity contribution in [3.05, 3.63) is 6.92 Å². The Morgan fingerprint density at radius 3 is 1.50 bits per heavy atom. The van der Waals surface area contributed by atoms with Gasteiger partial charge < -0.3 is 5.11 Å². The first kappa shape index (κ1) is 15.7. The second kappa shape index (κ2) is 9.60. The monoisotopic (exact) mass is 105 g/mol. The molecule has 0 saturated carbocycles. The summed E-state index contributed by atoms with van der Waals surface area (Å²) in [7, 11) is 0. The number of carboxylic acids is 1. The van der Waals surface area contributed by atoms with Gasteiger partial charge in [0.1, 0.15) is 0 Å². The Morgan fingerprint density at radius 2 is 1.50 bits per heavy atom. The molecule has 0 radical (unpaired) electrons. The molecule has 24 valence electrons. The Kier molecular flexibility index (Phi) is 25.1. The molecule has 0 unspecified atom stereocenters. The van der Waals surface area contributed by atoms with E-state index in [-0.39, 0.29) is 59.1 Å². The molecule has 0 aliphatic heterocycles. The molecule has 0 amide bonds. The van der Waals surface area contributed by atoms with Crippen LogP contribution in [0, 0.1) is 6.92 Å². The van der Waals surface area contributed by atoms with Crippen LogP contribution in [0.5, 0.6) is 0 Å². The smallest absolute Gasteiger partial charge is 0.503 e. The molecule has 4 heteroatoms. The summed E-state index contributed by atoms with van der Waals surface area (Å²) in [5.74, 6) is -1.08. The average molecular weight is 105 g/mol. The van der Waals surface area contributed by atoms with Crippen LogP contribution in [-0.4, -0.2) is 11.1 Å². The number of carboxylic acid groups (broad SMARTS) is 1. The third-order valence-electron chi connectivity index (χ3n) is 0. The van der Waals surface area contributed by atoms with Crippen LogP contribution < -0.4 is 59.1 Å². The van der Waals surface area contributed by atoms with E-state index in [9.17, 15) is 0 Å².